The van der Waals surface area contributed by atoms with Gasteiger partial charge >= 0.3 is 0 Å². The second-order valence-electron chi connectivity index (χ2n) is 4.13. The van der Waals surface area contributed by atoms with Gasteiger partial charge in [0.15, 0.2) is 0 Å². The van der Waals surface area contributed by atoms with E-state index in [4.69, 9.17) is 19.3 Å². The first-order valence-electron chi connectivity index (χ1n) is 6.70. The molecule has 0 heterocycles. The quantitative estimate of drug-likeness (QED) is 0.550. The number of rotatable bonds is 9. The zero-order valence-electron chi connectivity index (χ0n) is 11.9. The summed E-state index contributed by atoms with van der Waals surface area (Å²) < 4.78 is 15.8. The Balaban J connectivity index is 2.21. The summed E-state index contributed by atoms with van der Waals surface area (Å²) in [7, 11) is 1.66. The molecule has 0 amide bonds. The van der Waals surface area contributed by atoms with Gasteiger partial charge in [0.2, 0.25) is 0 Å². The molecule has 0 aliphatic heterocycles. The lowest BCUT2D eigenvalue weighted by atomic mass is 10.1. The van der Waals surface area contributed by atoms with Gasteiger partial charge < -0.3 is 19.3 Å². The van der Waals surface area contributed by atoms with E-state index in [9.17, 15) is 0 Å². The van der Waals surface area contributed by atoms with Crippen molar-refractivity contribution in [3.63, 3.8) is 0 Å². The molecule has 1 N–H and O–H groups in total. The zero-order chi connectivity index (χ0) is 14.5. The number of aliphatic hydroxyl groups is 1. The van der Waals surface area contributed by atoms with Crippen LogP contribution in [0.25, 0.3) is 0 Å². The molecule has 4 nitrogen and oxygen atoms in total. The molecule has 1 aromatic rings. The molecule has 4 heteroatoms. The molecular weight excluding hydrogens is 256 g/mol. The maximum Gasteiger partial charge on any atom is 0.104 e. The predicted octanol–water partition coefficient (Wildman–Crippen LogP) is 1.60. The Morgan fingerprint density at radius 3 is 2.65 bits per heavy atom. The third-order valence-electron chi connectivity index (χ3n) is 2.59. The number of methoxy groups -OCH3 is 1. The van der Waals surface area contributed by atoms with E-state index in [1.807, 2.05) is 24.3 Å². The predicted molar refractivity (Wildman–Crippen MR) is 77.4 cm³/mol. The summed E-state index contributed by atoms with van der Waals surface area (Å²) in [6.45, 7) is 2.96. The minimum atomic E-state index is -0.131. The largest absolute Gasteiger partial charge is 0.384 e. The second kappa shape index (κ2) is 11.4. The van der Waals surface area contributed by atoms with Crippen LogP contribution >= 0.6 is 0 Å². The van der Waals surface area contributed by atoms with Crippen LogP contribution in [0.4, 0.5) is 0 Å². The van der Waals surface area contributed by atoms with Crippen molar-refractivity contribution in [3.8, 4) is 11.8 Å². The maximum atomic E-state index is 8.73. The minimum Gasteiger partial charge on any atom is -0.384 e. The van der Waals surface area contributed by atoms with Crippen molar-refractivity contribution in [2.24, 2.45) is 0 Å². The lowest BCUT2D eigenvalue weighted by Gasteiger charge is -2.07. The molecule has 0 unspecified atom stereocenters. The summed E-state index contributed by atoms with van der Waals surface area (Å²) >= 11 is 0. The lowest BCUT2D eigenvalue weighted by Crippen LogP contribution is -2.06. The summed E-state index contributed by atoms with van der Waals surface area (Å²) in [6.07, 6.45) is 0.855. The first-order chi connectivity index (χ1) is 9.88. The van der Waals surface area contributed by atoms with Crippen LogP contribution in [0.1, 0.15) is 17.5 Å². The van der Waals surface area contributed by atoms with E-state index in [-0.39, 0.29) is 6.61 Å². The van der Waals surface area contributed by atoms with Gasteiger partial charge in [0.25, 0.3) is 0 Å². The molecule has 0 radical (unpaired) electrons. The van der Waals surface area contributed by atoms with Crippen molar-refractivity contribution in [2.45, 2.75) is 13.0 Å². The van der Waals surface area contributed by atoms with Crippen LogP contribution in [0.2, 0.25) is 0 Å². The van der Waals surface area contributed by atoms with Crippen LogP contribution in [-0.4, -0.2) is 45.3 Å². The molecule has 1 rings (SSSR count). The van der Waals surface area contributed by atoms with Gasteiger partial charge in [-0.05, 0) is 18.1 Å². The topological polar surface area (TPSA) is 47.9 Å². The molecule has 0 saturated heterocycles. The van der Waals surface area contributed by atoms with Gasteiger partial charge in [0.1, 0.15) is 6.61 Å². The lowest BCUT2D eigenvalue weighted by molar-refractivity contribution is 0.0483. The smallest absolute Gasteiger partial charge is 0.104 e. The van der Waals surface area contributed by atoms with Gasteiger partial charge in [-0.1, -0.05) is 30.0 Å². The van der Waals surface area contributed by atoms with Crippen LogP contribution in [0.3, 0.4) is 0 Å². The third kappa shape index (κ3) is 7.27. The monoisotopic (exact) mass is 278 g/mol. The van der Waals surface area contributed by atoms with Crippen LogP contribution in [0.5, 0.6) is 0 Å². The Bertz CT molecular complexity index is 420. The van der Waals surface area contributed by atoms with E-state index < -0.39 is 0 Å². The highest BCUT2D eigenvalue weighted by atomic mass is 16.5. The van der Waals surface area contributed by atoms with Gasteiger partial charge in [-0.15, -0.1) is 0 Å². The Morgan fingerprint density at radius 1 is 1.05 bits per heavy atom. The SMILES string of the molecule is COCCOCCCOCc1ccccc1C#CCO. The van der Waals surface area contributed by atoms with Crippen molar-refractivity contribution >= 4 is 0 Å². The molecule has 0 spiro atoms. The second-order valence-corrected chi connectivity index (χ2v) is 4.13. The van der Waals surface area contributed by atoms with Crippen molar-refractivity contribution < 1.29 is 19.3 Å². The van der Waals surface area contributed by atoms with Gasteiger partial charge in [-0.3, -0.25) is 0 Å². The van der Waals surface area contributed by atoms with Gasteiger partial charge in [0.05, 0.1) is 19.8 Å². The third-order valence-corrected chi connectivity index (χ3v) is 2.59. The Labute approximate surface area is 120 Å². The highest BCUT2D eigenvalue weighted by Gasteiger charge is 1.99. The molecule has 110 valence electrons. The first-order valence-corrected chi connectivity index (χ1v) is 6.70. The average Bonchev–Trinajstić information content (AvgIpc) is 2.49. The maximum absolute atomic E-state index is 8.73. The van der Waals surface area contributed by atoms with Crippen LogP contribution < -0.4 is 0 Å². The van der Waals surface area contributed by atoms with E-state index >= 15 is 0 Å². The fourth-order valence-electron chi connectivity index (χ4n) is 1.59. The Morgan fingerprint density at radius 2 is 1.85 bits per heavy atom. The number of benzene rings is 1. The van der Waals surface area contributed by atoms with Gasteiger partial charge in [-0.2, -0.15) is 0 Å². The molecule has 0 bridgehead atoms. The first kappa shape index (κ1) is 16.7. The van der Waals surface area contributed by atoms with Crippen molar-refractivity contribution in [2.75, 3.05) is 40.1 Å². The molecule has 0 aliphatic rings. The Kier molecular flexibility index (Phi) is 9.54. The van der Waals surface area contributed by atoms with Crippen molar-refractivity contribution in [1.29, 1.82) is 0 Å². The van der Waals surface area contributed by atoms with Crippen molar-refractivity contribution in [1.82, 2.24) is 0 Å². The fourth-order valence-corrected chi connectivity index (χ4v) is 1.59. The minimum absolute atomic E-state index is 0.131. The summed E-state index contributed by atoms with van der Waals surface area (Å²) in [5.74, 6) is 5.57. The average molecular weight is 278 g/mol. The van der Waals surface area contributed by atoms with E-state index in [1.54, 1.807) is 7.11 Å². The number of aliphatic hydroxyl groups excluding tert-OH is 1. The van der Waals surface area contributed by atoms with Gasteiger partial charge in [-0.25, -0.2) is 0 Å². The molecule has 0 aliphatic carbocycles. The summed E-state index contributed by atoms with van der Waals surface area (Å²) in [5.41, 5.74) is 1.94. The van der Waals surface area contributed by atoms with Crippen LogP contribution in [0.15, 0.2) is 24.3 Å². The number of hydrogen-bond acceptors (Lipinski definition) is 4. The van der Waals surface area contributed by atoms with Gasteiger partial charge in [0, 0.05) is 25.9 Å². The fraction of sp³-hybridized carbons (Fsp3) is 0.500. The molecule has 0 aromatic heterocycles. The number of hydrogen-bond donors (Lipinski definition) is 1. The number of ether oxygens (including phenoxy) is 3. The van der Waals surface area contributed by atoms with E-state index in [0.717, 1.165) is 17.5 Å². The van der Waals surface area contributed by atoms with E-state index in [1.165, 1.54) is 0 Å². The highest BCUT2D eigenvalue weighted by molar-refractivity contribution is 5.40. The highest BCUT2D eigenvalue weighted by Crippen LogP contribution is 2.08. The van der Waals surface area contributed by atoms with Crippen molar-refractivity contribution in [3.05, 3.63) is 35.4 Å². The molecule has 0 atom stereocenters. The zero-order valence-corrected chi connectivity index (χ0v) is 11.9. The molecule has 1 aromatic carbocycles. The molecule has 0 fully saturated rings. The Hall–Kier alpha value is -1.38. The molecule has 0 saturated carbocycles. The normalized spacial score (nSPS) is 10.1. The van der Waals surface area contributed by atoms with Crippen LogP contribution in [-0.2, 0) is 20.8 Å². The molecular formula is C16H22O4. The van der Waals surface area contributed by atoms with Crippen LogP contribution in [0, 0.1) is 11.8 Å². The molecule has 20 heavy (non-hydrogen) atoms. The summed E-state index contributed by atoms with van der Waals surface area (Å²) in [5, 5.41) is 8.73. The summed E-state index contributed by atoms with van der Waals surface area (Å²) in [4.78, 5) is 0. The van der Waals surface area contributed by atoms with E-state index in [2.05, 4.69) is 11.8 Å². The standard InChI is InChI=1S/C16H22O4/c1-18-12-13-19-10-5-11-20-14-16-7-3-2-6-15(16)8-4-9-17/h2-3,6-7,17H,5,9-14H2,1H3. The summed E-state index contributed by atoms with van der Waals surface area (Å²) in [6, 6.07) is 7.79. The van der Waals surface area contributed by atoms with E-state index in [0.29, 0.717) is 33.0 Å².